The fraction of sp³-hybridized carbons (Fsp3) is 0.600. The van der Waals surface area contributed by atoms with Gasteiger partial charge in [0, 0.05) is 29.9 Å². The van der Waals surface area contributed by atoms with Gasteiger partial charge in [0.25, 0.3) is 0 Å². The van der Waals surface area contributed by atoms with Crippen LogP contribution in [0.25, 0.3) is 0 Å². The van der Waals surface area contributed by atoms with Gasteiger partial charge in [0.1, 0.15) is 0 Å². The lowest BCUT2D eigenvalue weighted by atomic mass is 10.4. The molecule has 0 aliphatic rings. The molecule has 0 unspecified atom stereocenters. The molecule has 0 bridgehead atoms. The maximum atomic E-state index is 5.94. The second-order valence-electron chi connectivity index (χ2n) is 4.23. The third-order valence-electron chi connectivity index (χ3n) is 2.66. The average Bonchev–Trinajstić information content (AvgIpc) is 2.46. The molecule has 0 atom stereocenters. The molecule has 0 heterocycles. The van der Waals surface area contributed by atoms with Gasteiger partial charge in [-0.2, -0.15) is 0 Å². The van der Waals surface area contributed by atoms with E-state index in [4.69, 9.17) is 13.3 Å². The minimum atomic E-state index is -2.76. The van der Waals surface area contributed by atoms with Crippen molar-refractivity contribution in [2.75, 3.05) is 25.6 Å². The van der Waals surface area contributed by atoms with E-state index in [0.29, 0.717) is 19.8 Å². The van der Waals surface area contributed by atoms with E-state index in [1.165, 1.54) is 11.3 Å². The van der Waals surface area contributed by atoms with E-state index in [2.05, 4.69) is 31.2 Å². The number of rotatable bonds is 10. The van der Waals surface area contributed by atoms with E-state index in [1.807, 2.05) is 32.5 Å². The summed E-state index contributed by atoms with van der Waals surface area (Å²) in [6.45, 7) is 9.92. The summed E-state index contributed by atoms with van der Waals surface area (Å²) in [5.74, 6) is 1.12. The molecule has 0 fully saturated rings. The van der Waals surface area contributed by atoms with E-state index in [-0.39, 0.29) is 0 Å². The zero-order chi connectivity index (χ0) is 14.8. The highest BCUT2D eigenvalue weighted by atomic mass is 32.2. The molecule has 0 radical (unpaired) electrons. The third kappa shape index (κ3) is 4.89. The Labute approximate surface area is 128 Å². The van der Waals surface area contributed by atoms with Crippen LogP contribution in [0, 0.1) is 0 Å². The molecule has 1 aromatic carbocycles. The summed E-state index contributed by atoms with van der Waals surface area (Å²) in [4.78, 5) is 1.25. The van der Waals surface area contributed by atoms with Gasteiger partial charge >= 0.3 is 8.80 Å². The molecule has 0 spiro atoms. The SMILES string of the molecule is CCCSc1cccc([Si](OCC)(OCC)OCC)c1. The summed E-state index contributed by atoms with van der Waals surface area (Å²) in [6.07, 6.45) is 1.17. The lowest BCUT2D eigenvalue weighted by molar-refractivity contribution is 0.0858. The van der Waals surface area contributed by atoms with Gasteiger partial charge in [0.05, 0.1) is 0 Å². The smallest absolute Gasteiger partial charge is 0.370 e. The van der Waals surface area contributed by atoms with Crippen LogP contribution >= 0.6 is 11.8 Å². The van der Waals surface area contributed by atoms with Crippen LogP contribution in [0.15, 0.2) is 29.2 Å². The zero-order valence-corrected chi connectivity index (χ0v) is 14.8. The lowest BCUT2D eigenvalue weighted by Gasteiger charge is -2.28. The molecule has 0 saturated carbocycles. The largest absolute Gasteiger partial charge is 0.537 e. The van der Waals surface area contributed by atoms with E-state index in [9.17, 15) is 0 Å². The Morgan fingerprint density at radius 1 is 0.950 bits per heavy atom. The second-order valence-corrected chi connectivity index (χ2v) is 7.96. The zero-order valence-electron chi connectivity index (χ0n) is 13.0. The number of benzene rings is 1. The summed E-state index contributed by atoms with van der Waals surface area (Å²) in [5, 5.41) is 1.06. The molecule has 0 saturated heterocycles. The van der Waals surface area contributed by atoms with Crippen LogP contribution in [-0.4, -0.2) is 34.4 Å². The Bertz CT molecular complexity index is 370. The molecule has 1 rings (SSSR count). The monoisotopic (exact) mass is 314 g/mol. The molecule has 20 heavy (non-hydrogen) atoms. The topological polar surface area (TPSA) is 27.7 Å². The Morgan fingerprint density at radius 3 is 2.05 bits per heavy atom. The van der Waals surface area contributed by atoms with Gasteiger partial charge in [-0.3, -0.25) is 0 Å². The molecule has 0 aromatic heterocycles. The molecular formula is C15H26O3SSi. The second kappa shape index (κ2) is 9.58. The van der Waals surface area contributed by atoms with Crippen LogP contribution in [0.4, 0.5) is 0 Å². The van der Waals surface area contributed by atoms with E-state index >= 15 is 0 Å². The van der Waals surface area contributed by atoms with E-state index < -0.39 is 8.80 Å². The number of hydrogen-bond acceptors (Lipinski definition) is 4. The van der Waals surface area contributed by atoms with Crippen molar-refractivity contribution in [3.8, 4) is 0 Å². The summed E-state index contributed by atoms with van der Waals surface area (Å²) >= 11 is 1.86. The van der Waals surface area contributed by atoms with Crippen molar-refractivity contribution in [1.82, 2.24) is 0 Å². The number of hydrogen-bond donors (Lipinski definition) is 0. The fourth-order valence-electron chi connectivity index (χ4n) is 1.94. The van der Waals surface area contributed by atoms with Crippen LogP contribution in [-0.2, 0) is 13.3 Å². The van der Waals surface area contributed by atoms with E-state index in [1.54, 1.807) is 0 Å². The Kier molecular flexibility index (Phi) is 8.48. The Balaban J connectivity index is 3.04. The summed E-state index contributed by atoms with van der Waals surface area (Å²) in [6, 6.07) is 8.41. The molecule has 0 aliphatic heterocycles. The van der Waals surface area contributed by atoms with Crippen molar-refractivity contribution in [3.05, 3.63) is 24.3 Å². The highest BCUT2D eigenvalue weighted by Crippen LogP contribution is 2.19. The van der Waals surface area contributed by atoms with Crippen LogP contribution in [0.1, 0.15) is 34.1 Å². The highest BCUT2D eigenvalue weighted by molar-refractivity contribution is 7.99. The first-order valence-electron chi connectivity index (χ1n) is 7.37. The molecule has 3 nitrogen and oxygen atoms in total. The predicted molar refractivity (Wildman–Crippen MR) is 87.7 cm³/mol. The molecule has 0 aliphatic carbocycles. The van der Waals surface area contributed by atoms with Crippen LogP contribution in [0.2, 0.25) is 0 Å². The average molecular weight is 315 g/mol. The first-order chi connectivity index (χ1) is 9.72. The van der Waals surface area contributed by atoms with Crippen LogP contribution < -0.4 is 5.19 Å². The van der Waals surface area contributed by atoms with Gasteiger partial charge in [-0.25, -0.2) is 0 Å². The minimum Gasteiger partial charge on any atom is -0.370 e. The molecular weight excluding hydrogens is 288 g/mol. The van der Waals surface area contributed by atoms with E-state index in [0.717, 1.165) is 10.9 Å². The normalized spacial score (nSPS) is 11.8. The predicted octanol–water partition coefficient (Wildman–Crippen LogP) is 3.44. The van der Waals surface area contributed by atoms with Crippen molar-refractivity contribution in [1.29, 1.82) is 0 Å². The Hall–Kier alpha value is -0.333. The standard InChI is InChI=1S/C15H26O3SSi/c1-5-12-19-14-10-9-11-15(13-14)20(16-6-2,17-7-3)18-8-4/h9-11,13H,5-8,12H2,1-4H3. The van der Waals surface area contributed by atoms with Gasteiger partial charge in [-0.1, -0.05) is 19.1 Å². The highest BCUT2D eigenvalue weighted by Gasteiger charge is 2.43. The summed E-state index contributed by atoms with van der Waals surface area (Å²) < 4.78 is 17.8. The molecule has 5 heteroatoms. The van der Waals surface area contributed by atoms with Crippen molar-refractivity contribution < 1.29 is 13.3 Å². The molecule has 0 N–H and O–H groups in total. The first kappa shape index (κ1) is 17.7. The third-order valence-corrected chi connectivity index (χ3v) is 6.89. The number of thioether (sulfide) groups is 1. The van der Waals surface area contributed by atoms with Crippen LogP contribution in [0.5, 0.6) is 0 Å². The fourth-order valence-corrected chi connectivity index (χ4v) is 5.39. The van der Waals surface area contributed by atoms with Gasteiger partial charge in [-0.15, -0.1) is 11.8 Å². The van der Waals surface area contributed by atoms with Gasteiger partial charge in [0.15, 0.2) is 0 Å². The van der Waals surface area contributed by atoms with Gasteiger partial charge in [0.2, 0.25) is 0 Å². The van der Waals surface area contributed by atoms with Crippen molar-refractivity contribution in [3.63, 3.8) is 0 Å². The summed E-state index contributed by atoms with van der Waals surface area (Å²) in [7, 11) is -2.76. The quantitative estimate of drug-likeness (QED) is 0.488. The van der Waals surface area contributed by atoms with Gasteiger partial charge < -0.3 is 13.3 Å². The summed E-state index contributed by atoms with van der Waals surface area (Å²) in [5.41, 5.74) is 0. The Morgan fingerprint density at radius 2 is 1.55 bits per heavy atom. The minimum absolute atomic E-state index is 0.596. The first-order valence-corrected chi connectivity index (χ1v) is 10.1. The maximum Gasteiger partial charge on any atom is 0.537 e. The van der Waals surface area contributed by atoms with Crippen molar-refractivity contribution >= 4 is 25.8 Å². The van der Waals surface area contributed by atoms with Crippen molar-refractivity contribution in [2.45, 2.75) is 39.0 Å². The molecule has 114 valence electrons. The molecule has 0 amide bonds. The molecule has 1 aromatic rings. The van der Waals surface area contributed by atoms with Crippen molar-refractivity contribution in [2.24, 2.45) is 0 Å². The van der Waals surface area contributed by atoms with Gasteiger partial charge in [-0.05, 0) is 45.1 Å². The van der Waals surface area contributed by atoms with Crippen LogP contribution in [0.3, 0.4) is 0 Å². The maximum absolute atomic E-state index is 5.94. The lowest BCUT2D eigenvalue weighted by Crippen LogP contribution is -2.56.